The Balaban J connectivity index is 1.82. The maximum absolute atomic E-state index is 11.9. The van der Waals surface area contributed by atoms with Gasteiger partial charge in [-0.25, -0.2) is 4.98 Å². The Morgan fingerprint density at radius 1 is 1.29 bits per heavy atom. The molecule has 0 atom stereocenters. The number of H-pyrrole nitrogens is 1. The minimum absolute atomic E-state index is 0.120. The largest absolute Gasteiger partial charge is 0.367 e. The van der Waals surface area contributed by atoms with Gasteiger partial charge < -0.3 is 15.6 Å². The number of hydrogen-bond donors (Lipinski definition) is 3. The first kappa shape index (κ1) is 15.5. The van der Waals surface area contributed by atoms with E-state index in [1.165, 1.54) is 6.33 Å². The fourth-order valence-electron chi connectivity index (χ4n) is 1.67. The maximum Gasteiger partial charge on any atom is 0.266 e. The summed E-state index contributed by atoms with van der Waals surface area (Å²) in [6.45, 7) is 2.91. The minimum Gasteiger partial charge on any atom is -0.367 e. The second-order valence-electron chi connectivity index (χ2n) is 4.44. The highest BCUT2D eigenvalue weighted by Gasteiger charge is 2.06. The van der Waals surface area contributed by atoms with Crippen molar-refractivity contribution in [2.24, 2.45) is 0 Å². The maximum atomic E-state index is 11.9. The van der Waals surface area contributed by atoms with Gasteiger partial charge in [-0.05, 0) is 41.6 Å². The molecule has 0 saturated heterocycles. The van der Waals surface area contributed by atoms with Crippen molar-refractivity contribution in [1.82, 2.24) is 15.3 Å². The van der Waals surface area contributed by atoms with Gasteiger partial charge in [-0.1, -0.05) is 17.7 Å². The third-order valence-corrected chi connectivity index (χ3v) is 3.81. The summed E-state index contributed by atoms with van der Waals surface area (Å²) in [5, 5.41) is 5.82. The molecule has 6 nitrogen and oxygen atoms in total. The molecule has 110 valence electrons. The summed E-state index contributed by atoms with van der Waals surface area (Å²) in [5.74, 6) is 0.397. The molecule has 1 heterocycles. The monoisotopic (exact) mass is 398 g/mol. The average Bonchev–Trinajstić information content (AvgIpc) is 2.48. The normalized spacial score (nSPS) is 10.2. The molecule has 0 aliphatic heterocycles. The van der Waals surface area contributed by atoms with Crippen molar-refractivity contribution >= 4 is 34.3 Å². The van der Waals surface area contributed by atoms with E-state index in [0.29, 0.717) is 28.0 Å². The second-order valence-corrected chi connectivity index (χ2v) is 5.52. The lowest BCUT2D eigenvalue weighted by molar-refractivity contribution is 0.0955. The Hall–Kier alpha value is -1.90. The van der Waals surface area contributed by atoms with Crippen LogP contribution in [0.15, 0.2) is 35.4 Å². The van der Waals surface area contributed by atoms with Crippen molar-refractivity contribution in [1.29, 1.82) is 0 Å². The average molecular weight is 398 g/mol. The summed E-state index contributed by atoms with van der Waals surface area (Å²) >= 11 is 1.93. The Labute approximate surface area is 135 Å². The second kappa shape index (κ2) is 7.21. The molecule has 0 saturated carbocycles. The quantitative estimate of drug-likeness (QED) is 0.527. The van der Waals surface area contributed by atoms with E-state index in [-0.39, 0.29) is 11.5 Å². The van der Waals surface area contributed by atoms with Crippen LogP contribution in [-0.4, -0.2) is 29.0 Å². The van der Waals surface area contributed by atoms with Gasteiger partial charge in [0.25, 0.3) is 11.5 Å². The van der Waals surface area contributed by atoms with E-state index in [9.17, 15) is 9.59 Å². The Bertz CT molecular complexity index is 682. The zero-order valence-corrected chi connectivity index (χ0v) is 13.6. The van der Waals surface area contributed by atoms with Gasteiger partial charge in [0, 0.05) is 18.7 Å². The first-order valence-electron chi connectivity index (χ1n) is 6.40. The topological polar surface area (TPSA) is 86.9 Å². The van der Waals surface area contributed by atoms with Crippen LogP contribution in [0.4, 0.5) is 5.82 Å². The van der Waals surface area contributed by atoms with E-state index >= 15 is 0 Å². The number of nitrogens with zero attached hydrogens (tertiary/aromatic N) is 1. The molecule has 2 aromatic rings. The van der Waals surface area contributed by atoms with Gasteiger partial charge in [-0.2, -0.15) is 0 Å². The van der Waals surface area contributed by atoms with Crippen LogP contribution in [0, 0.1) is 10.5 Å². The number of carbonyl (C=O) groups is 1. The molecule has 0 bridgehead atoms. The highest BCUT2D eigenvalue weighted by Crippen LogP contribution is 2.07. The smallest absolute Gasteiger partial charge is 0.266 e. The lowest BCUT2D eigenvalue weighted by Crippen LogP contribution is -2.29. The predicted molar refractivity (Wildman–Crippen MR) is 89.6 cm³/mol. The summed E-state index contributed by atoms with van der Waals surface area (Å²) in [7, 11) is 0. The lowest BCUT2D eigenvalue weighted by Gasteiger charge is -2.08. The van der Waals surface area contributed by atoms with E-state index in [1.807, 2.05) is 41.6 Å². The zero-order chi connectivity index (χ0) is 15.2. The number of aromatic nitrogens is 2. The van der Waals surface area contributed by atoms with Gasteiger partial charge in [0.1, 0.15) is 9.39 Å². The third kappa shape index (κ3) is 4.28. The molecule has 3 N–H and O–H groups in total. The van der Waals surface area contributed by atoms with E-state index in [2.05, 4.69) is 20.6 Å². The van der Waals surface area contributed by atoms with Crippen molar-refractivity contribution in [3.8, 4) is 0 Å². The van der Waals surface area contributed by atoms with Crippen LogP contribution >= 0.6 is 22.6 Å². The summed E-state index contributed by atoms with van der Waals surface area (Å²) < 4.78 is 0.500. The van der Waals surface area contributed by atoms with Gasteiger partial charge in [0.2, 0.25) is 0 Å². The number of amides is 1. The van der Waals surface area contributed by atoms with E-state index in [4.69, 9.17) is 0 Å². The summed E-state index contributed by atoms with van der Waals surface area (Å²) in [4.78, 5) is 29.8. The van der Waals surface area contributed by atoms with Crippen LogP contribution in [-0.2, 0) is 0 Å². The number of aryl methyl sites for hydroxylation is 1. The van der Waals surface area contributed by atoms with Crippen LogP contribution < -0.4 is 16.2 Å². The van der Waals surface area contributed by atoms with Gasteiger partial charge in [0.05, 0.1) is 6.33 Å². The first-order chi connectivity index (χ1) is 10.1. The molecule has 0 radical (unpaired) electrons. The molecule has 2 rings (SSSR count). The number of nitrogens with one attached hydrogen (secondary N) is 3. The summed E-state index contributed by atoms with van der Waals surface area (Å²) in [6.07, 6.45) is 1.34. The Morgan fingerprint density at radius 3 is 2.71 bits per heavy atom. The third-order valence-electron chi connectivity index (χ3n) is 2.81. The number of hydrogen-bond acceptors (Lipinski definition) is 4. The van der Waals surface area contributed by atoms with Crippen LogP contribution in [0.1, 0.15) is 15.9 Å². The molecule has 0 fully saturated rings. The summed E-state index contributed by atoms with van der Waals surface area (Å²) in [6, 6.07) is 7.38. The van der Waals surface area contributed by atoms with Gasteiger partial charge in [-0.15, -0.1) is 0 Å². The van der Waals surface area contributed by atoms with Crippen molar-refractivity contribution in [2.75, 3.05) is 18.4 Å². The molecular formula is C14H15IN4O2. The number of benzene rings is 1. The number of halogens is 1. The summed E-state index contributed by atoms with van der Waals surface area (Å²) in [5.41, 5.74) is 1.56. The minimum atomic E-state index is -0.184. The molecule has 0 spiro atoms. The van der Waals surface area contributed by atoms with Crippen LogP contribution in [0.5, 0.6) is 0 Å². The molecular weight excluding hydrogens is 383 g/mol. The van der Waals surface area contributed by atoms with Crippen LogP contribution in [0.3, 0.4) is 0 Å². The molecule has 0 aliphatic rings. The highest BCUT2D eigenvalue weighted by molar-refractivity contribution is 14.1. The molecule has 1 aromatic heterocycles. The molecule has 0 aliphatic carbocycles. The molecule has 21 heavy (non-hydrogen) atoms. The van der Waals surface area contributed by atoms with Gasteiger partial charge >= 0.3 is 0 Å². The first-order valence-corrected chi connectivity index (χ1v) is 7.47. The Kier molecular flexibility index (Phi) is 5.32. The van der Waals surface area contributed by atoms with Crippen molar-refractivity contribution in [3.05, 3.63) is 55.6 Å². The van der Waals surface area contributed by atoms with E-state index in [0.717, 1.165) is 5.56 Å². The number of aromatic amines is 1. The van der Waals surface area contributed by atoms with E-state index in [1.54, 1.807) is 12.1 Å². The van der Waals surface area contributed by atoms with Crippen LogP contribution in [0.2, 0.25) is 0 Å². The van der Waals surface area contributed by atoms with Crippen molar-refractivity contribution in [3.63, 3.8) is 0 Å². The molecule has 1 amide bonds. The van der Waals surface area contributed by atoms with Crippen molar-refractivity contribution in [2.45, 2.75) is 6.92 Å². The Morgan fingerprint density at radius 2 is 2.00 bits per heavy atom. The van der Waals surface area contributed by atoms with Gasteiger partial charge in [0.15, 0.2) is 0 Å². The highest BCUT2D eigenvalue weighted by atomic mass is 127. The number of anilines is 1. The SMILES string of the molecule is Cc1ccc(C(=O)NCCNc2nc[nH]c(=O)c2I)cc1. The zero-order valence-electron chi connectivity index (χ0n) is 11.4. The van der Waals surface area contributed by atoms with Crippen LogP contribution in [0.25, 0.3) is 0 Å². The predicted octanol–water partition coefficient (Wildman–Crippen LogP) is 1.52. The van der Waals surface area contributed by atoms with Gasteiger partial charge in [-0.3, -0.25) is 9.59 Å². The fraction of sp³-hybridized carbons (Fsp3) is 0.214. The number of rotatable bonds is 5. The lowest BCUT2D eigenvalue weighted by atomic mass is 10.1. The molecule has 1 aromatic carbocycles. The van der Waals surface area contributed by atoms with Crippen molar-refractivity contribution < 1.29 is 4.79 Å². The fourth-order valence-corrected chi connectivity index (χ4v) is 2.16. The standard InChI is InChI=1S/C14H15IN4O2/c1-9-2-4-10(5-3-9)13(20)17-7-6-16-12-11(15)14(21)19-8-18-12/h2-5,8H,6-7H2,1H3,(H,17,20)(H2,16,18,19,21). The molecule has 0 unspecified atom stereocenters. The molecule has 7 heteroatoms. The van der Waals surface area contributed by atoms with E-state index < -0.39 is 0 Å². The number of carbonyl (C=O) groups excluding carboxylic acids is 1.